The van der Waals surface area contributed by atoms with Crippen LogP contribution in [0.2, 0.25) is 0 Å². The number of anilines is 1. The normalized spacial score (nSPS) is 11.8. The molecule has 74 valence electrons. The van der Waals surface area contributed by atoms with Crippen LogP contribution >= 0.6 is 0 Å². The van der Waals surface area contributed by atoms with Gasteiger partial charge in [-0.3, -0.25) is 4.68 Å². The highest BCUT2D eigenvalue weighted by atomic mass is 16.3. The van der Waals surface area contributed by atoms with E-state index in [1.807, 2.05) is 13.1 Å². The van der Waals surface area contributed by atoms with Gasteiger partial charge in [0.2, 0.25) is 0 Å². The van der Waals surface area contributed by atoms with Crippen molar-refractivity contribution in [3.05, 3.63) is 11.8 Å². The fraction of sp³-hybridized carbons (Fsp3) is 0.667. The topological polar surface area (TPSA) is 50.1 Å². The van der Waals surface area contributed by atoms with E-state index in [-0.39, 0.29) is 12.1 Å². The molecular formula is C9H17N3O. The van der Waals surface area contributed by atoms with E-state index in [0.717, 1.165) is 11.5 Å². The second-order valence-electron chi connectivity index (χ2n) is 4.12. The standard InChI is InChI=1S/C9H17N3O/c1-9(2,3)7-5-8(10-6-13)12(4)11-7/h5,10,13H,6H2,1-4H3. The quantitative estimate of drug-likeness (QED) is 0.674. The molecule has 0 aliphatic heterocycles. The molecule has 1 heterocycles. The molecule has 0 amide bonds. The molecule has 0 saturated carbocycles. The van der Waals surface area contributed by atoms with Crippen LogP contribution in [0.15, 0.2) is 6.07 Å². The molecule has 1 aromatic heterocycles. The van der Waals surface area contributed by atoms with Crippen LogP contribution < -0.4 is 5.32 Å². The average Bonchev–Trinajstić information content (AvgIpc) is 2.32. The molecule has 2 N–H and O–H groups in total. The van der Waals surface area contributed by atoms with Gasteiger partial charge in [-0.05, 0) is 0 Å². The van der Waals surface area contributed by atoms with Crippen LogP contribution in [0.3, 0.4) is 0 Å². The predicted octanol–water partition coefficient (Wildman–Crippen LogP) is 1.08. The molecule has 4 nitrogen and oxygen atoms in total. The van der Waals surface area contributed by atoms with E-state index in [1.165, 1.54) is 0 Å². The molecule has 0 aromatic carbocycles. The van der Waals surface area contributed by atoms with Crippen LogP contribution in [0.1, 0.15) is 26.5 Å². The molecule has 0 radical (unpaired) electrons. The van der Waals surface area contributed by atoms with Gasteiger partial charge < -0.3 is 10.4 Å². The molecule has 0 bridgehead atoms. The minimum absolute atomic E-state index is 0.0488. The predicted molar refractivity (Wildman–Crippen MR) is 52.6 cm³/mol. The smallest absolute Gasteiger partial charge is 0.125 e. The number of nitrogens with zero attached hydrogens (tertiary/aromatic N) is 2. The van der Waals surface area contributed by atoms with Gasteiger partial charge in [-0.25, -0.2) is 0 Å². The lowest BCUT2D eigenvalue weighted by Gasteiger charge is -2.13. The minimum atomic E-state index is -0.0664. The number of aliphatic hydroxyl groups is 1. The average molecular weight is 183 g/mol. The summed E-state index contributed by atoms with van der Waals surface area (Å²) in [5.74, 6) is 0.840. The van der Waals surface area contributed by atoms with Crippen molar-refractivity contribution >= 4 is 5.82 Å². The van der Waals surface area contributed by atoms with E-state index in [2.05, 4.69) is 31.2 Å². The Morgan fingerprint density at radius 2 is 2.15 bits per heavy atom. The molecular weight excluding hydrogens is 166 g/mol. The zero-order valence-corrected chi connectivity index (χ0v) is 8.63. The fourth-order valence-electron chi connectivity index (χ4n) is 1.08. The first kappa shape index (κ1) is 10.1. The first-order chi connectivity index (χ1) is 5.95. The number of aromatic nitrogens is 2. The highest BCUT2D eigenvalue weighted by molar-refractivity contribution is 5.38. The van der Waals surface area contributed by atoms with Gasteiger partial charge in [0.25, 0.3) is 0 Å². The van der Waals surface area contributed by atoms with E-state index in [1.54, 1.807) is 4.68 Å². The van der Waals surface area contributed by atoms with Crippen molar-refractivity contribution in [1.29, 1.82) is 0 Å². The highest BCUT2D eigenvalue weighted by Crippen LogP contribution is 2.22. The lowest BCUT2D eigenvalue weighted by atomic mass is 9.92. The van der Waals surface area contributed by atoms with E-state index in [0.29, 0.717) is 0 Å². The first-order valence-corrected chi connectivity index (χ1v) is 4.34. The monoisotopic (exact) mass is 183 g/mol. The Morgan fingerprint density at radius 3 is 2.54 bits per heavy atom. The van der Waals surface area contributed by atoms with E-state index < -0.39 is 0 Å². The summed E-state index contributed by atoms with van der Waals surface area (Å²) in [6, 6.07) is 1.95. The molecule has 1 rings (SSSR count). The van der Waals surface area contributed by atoms with Gasteiger partial charge in [-0.2, -0.15) is 5.10 Å². The second kappa shape index (κ2) is 3.38. The van der Waals surface area contributed by atoms with Gasteiger partial charge >= 0.3 is 0 Å². The largest absolute Gasteiger partial charge is 0.377 e. The molecule has 0 aliphatic rings. The zero-order chi connectivity index (χ0) is 10.1. The van der Waals surface area contributed by atoms with Crippen molar-refractivity contribution in [3.8, 4) is 0 Å². The molecule has 0 atom stereocenters. The van der Waals surface area contributed by atoms with Crippen LogP contribution in [0.25, 0.3) is 0 Å². The minimum Gasteiger partial charge on any atom is -0.377 e. The lowest BCUT2D eigenvalue weighted by molar-refractivity contribution is 0.324. The third-order valence-corrected chi connectivity index (χ3v) is 1.91. The molecule has 4 heteroatoms. The van der Waals surface area contributed by atoms with Crippen molar-refractivity contribution in [1.82, 2.24) is 9.78 Å². The Balaban J connectivity index is 2.95. The van der Waals surface area contributed by atoms with E-state index in [9.17, 15) is 0 Å². The van der Waals surface area contributed by atoms with Crippen molar-refractivity contribution < 1.29 is 5.11 Å². The molecule has 0 fully saturated rings. The first-order valence-electron chi connectivity index (χ1n) is 4.34. The van der Waals surface area contributed by atoms with Crippen LogP contribution in [0, 0.1) is 0 Å². The van der Waals surface area contributed by atoms with Crippen molar-refractivity contribution in [3.63, 3.8) is 0 Å². The summed E-state index contributed by atoms with van der Waals surface area (Å²) in [5.41, 5.74) is 1.07. The van der Waals surface area contributed by atoms with Gasteiger partial charge in [-0.1, -0.05) is 20.8 Å². The number of nitrogens with one attached hydrogen (secondary N) is 1. The number of hydrogen-bond donors (Lipinski definition) is 2. The fourth-order valence-corrected chi connectivity index (χ4v) is 1.08. The molecule has 0 aliphatic carbocycles. The summed E-state index contributed by atoms with van der Waals surface area (Å²) in [7, 11) is 1.85. The van der Waals surface area contributed by atoms with E-state index >= 15 is 0 Å². The second-order valence-corrected chi connectivity index (χ2v) is 4.12. The van der Waals surface area contributed by atoms with Crippen LogP contribution in [0.4, 0.5) is 5.82 Å². The van der Waals surface area contributed by atoms with Crippen molar-refractivity contribution in [2.45, 2.75) is 26.2 Å². The van der Waals surface area contributed by atoms with Gasteiger partial charge in [0.05, 0.1) is 5.69 Å². The van der Waals surface area contributed by atoms with Crippen molar-refractivity contribution in [2.75, 3.05) is 12.0 Å². The maximum absolute atomic E-state index is 8.70. The van der Waals surface area contributed by atoms with Crippen LogP contribution in [-0.4, -0.2) is 21.6 Å². The molecule has 13 heavy (non-hydrogen) atoms. The Labute approximate surface area is 78.6 Å². The lowest BCUT2D eigenvalue weighted by Crippen LogP contribution is -2.12. The van der Waals surface area contributed by atoms with Gasteiger partial charge in [-0.15, -0.1) is 0 Å². The molecule has 0 spiro atoms. The van der Waals surface area contributed by atoms with Gasteiger partial charge in [0.1, 0.15) is 12.5 Å². The molecule has 1 aromatic rings. The van der Waals surface area contributed by atoms with Crippen LogP contribution in [0.5, 0.6) is 0 Å². The summed E-state index contributed by atoms with van der Waals surface area (Å²) in [6.45, 7) is 6.26. The SMILES string of the molecule is Cn1nc(C(C)(C)C)cc1NCO. The highest BCUT2D eigenvalue weighted by Gasteiger charge is 2.18. The third-order valence-electron chi connectivity index (χ3n) is 1.91. The zero-order valence-electron chi connectivity index (χ0n) is 8.63. The Morgan fingerprint density at radius 1 is 1.54 bits per heavy atom. The summed E-state index contributed by atoms with van der Waals surface area (Å²) in [4.78, 5) is 0. The molecule has 0 saturated heterocycles. The number of rotatable bonds is 2. The van der Waals surface area contributed by atoms with E-state index in [4.69, 9.17) is 5.11 Å². The van der Waals surface area contributed by atoms with Gasteiger partial charge in [0.15, 0.2) is 0 Å². The van der Waals surface area contributed by atoms with Crippen molar-refractivity contribution in [2.24, 2.45) is 7.05 Å². The number of aryl methyl sites for hydroxylation is 1. The molecule has 0 unspecified atom stereocenters. The van der Waals surface area contributed by atoms with Crippen LogP contribution in [-0.2, 0) is 12.5 Å². The maximum atomic E-state index is 8.70. The maximum Gasteiger partial charge on any atom is 0.125 e. The Hall–Kier alpha value is -1.03. The van der Waals surface area contributed by atoms with Gasteiger partial charge in [0, 0.05) is 18.5 Å². The summed E-state index contributed by atoms with van der Waals surface area (Å²) in [6.07, 6.45) is 0. The number of hydrogen-bond acceptors (Lipinski definition) is 3. The Kier molecular flexibility index (Phi) is 2.61. The summed E-state index contributed by atoms with van der Waals surface area (Å²) in [5, 5.41) is 15.9. The Bertz CT molecular complexity index is 286. The number of aliphatic hydroxyl groups excluding tert-OH is 1. The summed E-state index contributed by atoms with van der Waals surface area (Å²) >= 11 is 0. The summed E-state index contributed by atoms with van der Waals surface area (Å²) < 4.78 is 1.73. The third kappa shape index (κ3) is 2.21.